The molecule has 2 aromatic carbocycles. The van der Waals surface area contributed by atoms with Crippen LogP contribution >= 0.6 is 0 Å². The Kier molecular flexibility index (Phi) is 8.36. The van der Waals surface area contributed by atoms with E-state index in [0.717, 1.165) is 44.2 Å². The van der Waals surface area contributed by atoms with Crippen molar-refractivity contribution in [3.8, 4) is 5.75 Å². The Morgan fingerprint density at radius 1 is 0.861 bits per heavy atom. The van der Waals surface area contributed by atoms with E-state index in [9.17, 15) is 26.3 Å². The molecule has 0 heterocycles. The van der Waals surface area contributed by atoms with Gasteiger partial charge in [-0.25, -0.2) is 17.6 Å². The number of halogens is 6. The molecule has 0 radical (unpaired) electrons. The van der Waals surface area contributed by atoms with E-state index in [0.29, 0.717) is 29.5 Å². The zero-order valence-corrected chi connectivity index (χ0v) is 20.4. The van der Waals surface area contributed by atoms with Crippen LogP contribution < -0.4 is 4.74 Å². The van der Waals surface area contributed by atoms with Crippen LogP contribution in [0.15, 0.2) is 42.0 Å². The minimum Gasteiger partial charge on any atom is -0.429 e. The number of hydrogen-bond donors (Lipinski definition) is 0. The second-order valence-electron chi connectivity index (χ2n) is 10.2. The molecule has 2 aromatic rings. The third-order valence-corrected chi connectivity index (χ3v) is 7.82. The Labute approximate surface area is 208 Å². The molecule has 2 aliphatic rings. The van der Waals surface area contributed by atoms with Gasteiger partial charge in [-0.3, -0.25) is 0 Å². The summed E-state index contributed by atoms with van der Waals surface area (Å²) in [5, 5.41) is 0. The highest BCUT2D eigenvalue weighted by Crippen LogP contribution is 2.44. The van der Waals surface area contributed by atoms with Crippen molar-refractivity contribution in [3.05, 3.63) is 76.4 Å². The molecule has 0 aromatic heterocycles. The van der Waals surface area contributed by atoms with Gasteiger partial charge in [-0.15, -0.1) is 0 Å². The maximum absolute atomic E-state index is 14.7. The summed E-state index contributed by atoms with van der Waals surface area (Å²) < 4.78 is 88.1. The van der Waals surface area contributed by atoms with Crippen molar-refractivity contribution < 1.29 is 31.1 Å². The van der Waals surface area contributed by atoms with Gasteiger partial charge in [0.15, 0.2) is 17.5 Å². The average molecular weight is 511 g/mol. The van der Waals surface area contributed by atoms with Gasteiger partial charge in [0.25, 0.3) is 0 Å². The fraction of sp³-hybridized carbons (Fsp3) is 0.517. The zero-order valence-electron chi connectivity index (χ0n) is 20.4. The number of alkyl halides is 2. The highest BCUT2D eigenvalue weighted by atomic mass is 19.3. The molecule has 1 fully saturated rings. The Morgan fingerprint density at radius 2 is 1.56 bits per heavy atom. The van der Waals surface area contributed by atoms with Crippen molar-refractivity contribution in [2.45, 2.75) is 83.2 Å². The SMILES string of the molecule is CCCCC1=CCC(C2CCC(c3ccc(C(F)(F)Oc4cc(F)c(F)c(F)c4)c(F)c3)CC2)CC1. The Morgan fingerprint density at radius 3 is 2.14 bits per heavy atom. The van der Waals surface area contributed by atoms with Crippen molar-refractivity contribution >= 4 is 0 Å². The molecule has 1 unspecified atom stereocenters. The zero-order chi connectivity index (χ0) is 25.9. The first kappa shape index (κ1) is 26.6. The largest absolute Gasteiger partial charge is 0.429 e. The summed E-state index contributed by atoms with van der Waals surface area (Å²) >= 11 is 0. The van der Waals surface area contributed by atoms with E-state index in [-0.39, 0.29) is 5.92 Å². The molecule has 0 bridgehead atoms. The van der Waals surface area contributed by atoms with E-state index in [1.54, 1.807) is 5.57 Å². The molecule has 1 saturated carbocycles. The van der Waals surface area contributed by atoms with Crippen LogP contribution in [0.3, 0.4) is 0 Å². The van der Waals surface area contributed by atoms with Crippen molar-refractivity contribution in [1.82, 2.24) is 0 Å². The molecule has 36 heavy (non-hydrogen) atoms. The van der Waals surface area contributed by atoms with Crippen LogP contribution in [0, 0.1) is 35.1 Å². The van der Waals surface area contributed by atoms with Crippen LogP contribution in [-0.4, -0.2) is 0 Å². The van der Waals surface area contributed by atoms with Gasteiger partial charge in [0.05, 0.1) is 5.56 Å². The summed E-state index contributed by atoms with van der Waals surface area (Å²) in [5.41, 5.74) is 1.21. The first-order valence-electron chi connectivity index (χ1n) is 12.9. The smallest absolute Gasteiger partial charge is 0.429 e. The Hall–Kier alpha value is -2.44. The molecule has 0 saturated heterocycles. The summed E-state index contributed by atoms with van der Waals surface area (Å²) in [5.74, 6) is -5.81. The van der Waals surface area contributed by atoms with Gasteiger partial charge >= 0.3 is 6.11 Å². The highest BCUT2D eigenvalue weighted by Gasteiger charge is 2.39. The van der Waals surface area contributed by atoms with Crippen molar-refractivity contribution in [3.63, 3.8) is 0 Å². The fourth-order valence-electron chi connectivity index (χ4n) is 5.71. The summed E-state index contributed by atoms with van der Waals surface area (Å²) in [4.78, 5) is 0. The monoisotopic (exact) mass is 510 g/mol. The number of allylic oxidation sites excluding steroid dienone is 2. The van der Waals surface area contributed by atoms with E-state index in [4.69, 9.17) is 0 Å². The number of benzene rings is 2. The normalized spacial score (nSPS) is 22.9. The van der Waals surface area contributed by atoms with Crippen LogP contribution in [0.2, 0.25) is 0 Å². The van der Waals surface area contributed by atoms with Gasteiger partial charge in [-0.1, -0.05) is 31.1 Å². The van der Waals surface area contributed by atoms with Gasteiger partial charge in [0.1, 0.15) is 11.6 Å². The maximum Gasteiger partial charge on any atom is 0.429 e. The Balaban J connectivity index is 1.36. The van der Waals surface area contributed by atoms with Crippen LogP contribution in [0.25, 0.3) is 0 Å². The standard InChI is InChI=1S/C29H32F6O/c1-2-3-4-18-5-7-19(8-6-18)20-9-11-21(12-10-20)22-13-14-24(25(30)15-22)29(34,35)36-23-16-26(31)28(33)27(32)17-23/h5,13-17,19-21H,2-4,6-12H2,1H3. The average Bonchev–Trinajstić information content (AvgIpc) is 2.86. The Bertz CT molecular complexity index is 1060. The van der Waals surface area contributed by atoms with E-state index in [1.807, 2.05) is 0 Å². The topological polar surface area (TPSA) is 9.23 Å². The molecule has 4 rings (SSSR count). The van der Waals surface area contributed by atoms with Crippen molar-refractivity contribution in [1.29, 1.82) is 0 Å². The van der Waals surface area contributed by atoms with Gasteiger partial charge in [0.2, 0.25) is 0 Å². The molecule has 0 aliphatic heterocycles. The third-order valence-electron chi connectivity index (χ3n) is 7.82. The number of hydrogen-bond acceptors (Lipinski definition) is 1. The lowest BCUT2D eigenvalue weighted by Crippen LogP contribution is -2.24. The van der Waals surface area contributed by atoms with E-state index in [2.05, 4.69) is 17.7 Å². The van der Waals surface area contributed by atoms with Crippen molar-refractivity contribution in [2.24, 2.45) is 11.8 Å². The first-order valence-corrected chi connectivity index (χ1v) is 12.9. The molecular formula is C29H32F6O. The van der Waals surface area contributed by atoms with E-state index >= 15 is 0 Å². The quantitative estimate of drug-likeness (QED) is 0.195. The van der Waals surface area contributed by atoms with E-state index in [1.165, 1.54) is 38.2 Å². The fourth-order valence-corrected chi connectivity index (χ4v) is 5.71. The molecule has 196 valence electrons. The van der Waals surface area contributed by atoms with Crippen LogP contribution in [0.5, 0.6) is 5.75 Å². The molecule has 2 aliphatic carbocycles. The molecule has 0 N–H and O–H groups in total. The summed E-state index contributed by atoms with van der Waals surface area (Å²) in [6, 6.07) is 4.12. The lowest BCUT2D eigenvalue weighted by molar-refractivity contribution is -0.187. The number of ether oxygens (including phenoxy) is 1. The molecule has 7 heteroatoms. The van der Waals surface area contributed by atoms with Crippen LogP contribution in [0.4, 0.5) is 26.3 Å². The lowest BCUT2D eigenvalue weighted by Gasteiger charge is -2.36. The highest BCUT2D eigenvalue weighted by molar-refractivity contribution is 5.31. The second-order valence-corrected chi connectivity index (χ2v) is 10.2. The molecule has 1 nitrogen and oxygen atoms in total. The molecule has 0 spiro atoms. The molecule has 0 amide bonds. The lowest BCUT2D eigenvalue weighted by atomic mass is 9.70. The maximum atomic E-state index is 14.7. The summed E-state index contributed by atoms with van der Waals surface area (Å²) in [6.45, 7) is 2.21. The summed E-state index contributed by atoms with van der Waals surface area (Å²) in [6.07, 6.45) is 9.30. The predicted molar refractivity (Wildman–Crippen MR) is 127 cm³/mol. The van der Waals surface area contributed by atoms with Gasteiger partial charge in [0, 0.05) is 12.1 Å². The number of unbranched alkanes of at least 4 members (excludes halogenated alkanes) is 1. The predicted octanol–water partition coefficient (Wildman–Crippen LogP) is 9.56. The van der Waals surface area contributed by atoms with Crippen molar-refractivity contribution in [2.75, 3.05) is 0 Å². The second kappa shape index (κ2) is 11.3. The van der Waals surface area contributed by atoms with Crippen LogP contribution in [0.1, 0.15) is 88.2 Å². The molecular weight excluding hydrogens is 478 g/mol. The minimum absolute atomic E-state index is 0.0962. The van der Waals surface area contributed by atoms with Gasteiger partial charge in [-0.05, 0) is 93.2 Å². The third kappa shape index (κ3) is 6.09. The minimum atomic E-state index is -4.19. The van der Waals surface area contributed by atoms with Gasteiger partial charge < -0.3 is 4.74 Å². The summed E-state index contributed by atoms with van der Waals surface area (Å²) in [7, 11) is 0. The number of rotatable bonds is 8. The van der Waals surface area contributed by atoms with E-state index < -0.39 is 40.7 Å². The van der Waals surface area contributed by atoms with Crippen LogP contribution in [-0.2, 0) is 6.11 Å². The van der Waals surface area contributed by atoms with Gasteiger partial charge in [-0.2, -0.15) is 8.78 Å². The first-order chi connectivity index (χ1) is 17.2. The molecule has 1 atom stereocenters.